The third-order valence-electron chi connectivity index (χ3n) is 6.56. The number of carbonyl (C=O) groups excluding carboxylic acids is 1. The summed E-state index contributed by atoms with van der Waals surface area (Å²) in [5.41, 5.74) is 0.632. The van der Waals surface area contributed by atoms with Crippen molar-refractivity contribution in [2.24, 2.45) is 11.8 Å². The quantitative estimate of drug-likeness (QED) is 0.746. The van der Waals surface area contributed by atoms with Gasteiger partial charge in [-0.1, -0.05) is 25.5 Å². The second-order valence-corrected chi connectivity index (χ2v) is 8.68. The van der Waals surface area contributed by atoms with Crippen molar-refractivity contribution in [2.75, 3.05) is 27.9 Å². The Morgan fingerprint density at radius 2 is 2.03 bits per heavy atom. The number of amides is 1. The molecular weight excluding hydrogens is 370 g/mol. The fourth-order valence-corrected chi connectivity index (χ4v) is 5.07. The summed E-state index contributed by atoms with van der Waals surface area (Å²) in [5, 5.41) is 3.34. The van der Waals surface area contributed by atoms with Gasteiger partial charge < -0.3 is 24.3 Å². The molecule has 1 heterocycles. The number of fused-ring (bicyclic) bond motifs is 1. The number of methoxy groups -OCH3 is 3. The SMILES string of the molecule is COCCC(=O)N[C@@]1(C)C[C@H](c2cccc(OC)c2OC)O[C@@H]2C[C@H](C)CC[C@H]21. The first kappa shape index (κ1) is 21.9. The molecule has 0 aromatic heterocycles. The molecule has 3 rings (SSSR count). The zero-order valence-electron chi connectivity index (χ0n) is 18.3. The highest BCUT2D eigenvalue weighted by Gasteiger charge is 2.50. The van der Waals surface area contributed by atoms with Crippen LogP contribution in [0.4, 0.5) is 0 Å². The molecule has 2 fully saturated rings. The van der Waals surface area contributed by atoms with E-state index in [1.165, 1.54) is 6.42 Å². The van der Waals surface area contributed by atoms with Gasteiger partial charge in [0.25, 0.3) is 0 Å². The molecule has 1 aromatic rings. The fourth-order valence-electron chi connectivity index (χ4n) is 5.07. The molecule has 0 bridgehead atoms. The maximum Gasteiger partial charge on any atom is 0.222 e. The molecule has 1 aliphatic carbocycles. The van der Waals surface area contributed by atoms with Crippen molar-refractivity contribution in [3.05, 3.63) is 23.8 Å². The summed E-state index contributed by atoms with van der Waals surface area (Å²) in [6.07, 6.45) is 4.26. The first-order valence-corrected chi connectivity index (χ1v) is 10.6. The maximum absolute atomic E-state index is 12.6. The summed E-state index contributed by atoms with van der Waals surface area (Å²) in [6.45, 7) is 4.88. The molecule has 162 valence electrons. The highest BCUT2D eigenvalue weighted by Crippen LogP contribution is 2.50. The molecule has 1 aliphatic heterocycles. The molecule has 2 aliphatic rings. The predicted molar refractivity (Wildman–Crippen MR) is 111 cm³/mol. The minimum absolute atomic E-state index is 0.0324. The third-order valence-corrected chi connectivity index (χ3v) is 6.56. The highest BCUT2D eigenvalue weighted by molar-refractivity contribution is 5.77. The summed E-state index contributed by atoms with van der Waals surface area (Å²) >= 11 is 0. The van der Waals surface area contributed by atoms with E-state index in [1.807, 2.05) is 18.2 Å². The Labute approximate surface area is 174 Å². The average Bonchev–Trinajstić information content (AvgIpc) is 2.70. The van der Waals surface area contributed by atoms with Crippen LogP contribution in [0.25, 0.3) is 0 Å². The van der Waals surface area contributed by atoms with Crippen LogP contribution in [-0.4, -0.2) is 45.5 Å². The van der Waals surface area contributed by atoms with E-state index in [0.29, 0.717) is 42.8 Å². The topological polar surface area (TPSA) is 66.0 Å². The van der Waals surface area contributed by atoms with E-state index < -0.39 is 0 Å². The number of benzene rings is 1. The third kappa shape index (κ3) is 4.69. The van der Waals surface area contributed by atoms with Crippen molar-refractivity contribution in [1.29, 1.82) is 0 Å². The van der Waals surface area contributed by atoms with E-state index in [-0.39, 0.29) is 23.7 Å². The first-order valence-electron chi connectivity index (χ1n) is 10.6. The van der Waals surface area contributed by atoms with Crippen molar-refractivity contribution >= 4 is 5.91 Å². The van der Waals surface area contributed by atoms with Crippen LogP contribution in [0, 0.1) is 11.8 Å². The second kappa shape index (κ2) is 9.35. The molecule has 0 spiro atoms. The van der Waals surface area contributed by atoms with Gasteiger partial charge in [-0.15, -0.1) is 0 Å². The van der Waals surface area contributed by atoms with Gasteiger partial charge in [-0.05, 0) is 31.7 Å². The van der Waals surface area contributed by atoms with Gasteiger partial charge >= 0.3 is 0 Å². The van der Waals surface area contributed by atoms with Crippen LogP contribution in [0.3, 0.4) is 0 Å². The van der Waals surface area contributed by atoms with Crippen LogP contribution in [-0.2, 0) is 14.3 Å². The molecule has 1 aromatic carbocycles. The van der Waals surface area contributed by atoms with Gasteiger partial charge in [-0.3, -0.25) is 4.79 Å². The average molecular weight is 406 g/mol. The van der Waals surface area contributed by atoms with Crippen LogP contribution in [0.1, 0.15) is 57.6 Å². The Morgan fingerprint density at radius 3 is 2.72 bits per heavy atom. The number of hydrogen-bond acceptors (Lipinski definition) is 5. The van der Waals surface area contributed by atoms with Gasteiger partial charge in [0.15, 0.2) is 11.5 Å². The number of para-hydroxylation sites is 1. The Kier molecular flexibility index (Phi) is 7.06. The van der Waals surface area contributed by atoms with Gasteiger partial charge in [0, 0.05) is 37.0 Å². The number of hydrogen-bond donors (Lipinski definition) is 1. The van der Waals surface area contributed by atoms with Crippen molar-refractivity contribution in [3.63, 3.8) is 0 Å². The lowest BCUT2D eigenvalue weighted by Gasteiger charge is -2.52. The fraction of sp³-hybridized carbons (Fsp3) is 0.696. The van der Waals surface area contributed by atoms with Crippen LogP contribution in [0.2, 0.25) is 0 Å². The maximum atomic E-state index is 12.6. The predicted octanol–water partition coefficient (Wildman–Crippen LogP) is 3.88. The Bertz CT molecular complexity index is 709. The zero-order chi connectivity index (χ0) is 21.0. The number of ether oxygens (including phenoxy) is 4. The number of rotatable bonds is 7. The normalized spacial score (nSPS) is 31.6. The largest absolute Gasteiger partial charge is 0.493 e. The van der Waals surface area contributed by atoms with Crippen molar-refractivity contribution < 1.29 is 23.7 Å². The smallest absolute Gasteiger partial charge is 0.222 e. The van der Waals surface area contributed by atoms with Crippen LogP contribution < -0.4 is 14.8 Å². The molecule has 29 heavy (non-hydrogen) atoms. The summed E-state index contributed by atoms with van der Waals surface area (Å²) in [5.74, 6) is 2.35. The lowest BCUT2D eigenvalue weighted by Crippen LogP contribution is -2.60. The Balaban J connectivity index is 1.91. The van der Waals surface area contributed by atoms with E-state index in [1.54, 1.807) is 21.3 Å². The van der Waals surface area contributed by atoms with Gasteiger partial charge in [0.05, 0.1) is 33.0 Å². The molecule has 6 nitrogen and oxygen atoms in total. The second-order valence-electron chi connectivity index (χ2n) is 8.68. The lowest BCUT2D eigenvalue weighted by molar-refractivity contribution is -0.154. The van der Waals surface area contributed by atoms with E-state index >= 15 is 0 Å². The summed E-state index contributed by atoms with van der Waals surface area (Å²) in [4.78, 5) is 12.6. The summed E-state index contributed by atoms with van der Waals surface area (Å²) in [7, 11) is 4.91. The highest BCUT2D eigenvalue weighted by atomic mass is 16.5. The molecular formula is C23H35NO5. The van der Waals surface area contributed by atoms with Crippen molar-refractivity contribution in [1.82, 2.24) is 5.32 Å². The summed E-state index contributed by atoms with van der Waals surface area (Å²) in [6, 6.07) is 5.89. The molecule has 6 heteroatoms. The molecule has 1 saturated heterocycles. The van der Waals surface area contributed by atoms with Crippen LogP contribution in [0.5, 0.6) is 11.5 Å². The van der Waals surface area contributed by atoms with Gasteiger partial charge in [0.2, 0.25) is 5.91 Å². The van der Waals surface area contributed by atoms with Gasteiger partial charge in [-0.2, -0.15) is 0 Å². The van der Waals surface area contributed by atoms with Crippen LogP contribution in [0.15, 0.2) is 18.2 Å². The van der Waals surface area contributed by atoms with E-state index in [0.717, 1.165) is 18.4 Å². The van der Waals surface area contributed by atoms with E-state index in [2.05, 4.69) is 19.2 Å². The molecule has 5 atom stereocenters. The van der Waals surface area contributed by atoms with Gasteiger partial charge in [0.1, 0.15) is 0 Å². The molecule has 0 radical (unpaired) electrons. The zero-order valence-corrected chi connectivity index (χ0v) is 18.3. The van der Waals surface area contributed by atoms with E-state index in [4.69, 9.17) is 18.9 Å². The number of carbonyl (C=O) groups is 1. The Morgan fingerprint density at radius 1 is 1.24 bits per heavy atom. The minimum Gasteiger partial charge on any atom is -0.493 e. The first-order chi connectivity index (χ1) is 13.9. The van der Waals surface area contributed by atoms with Crippen LogP contribution >= 0.6 is 0 Å². The minimum atomic E-state index is -0.341. The molecule has 1 saturated carbocycles. The standard InChI is InChI=1S/C23H35NO5/c1-15-9-10-17-19(13-15)29-20(14-23(17,2)24-21(25)11-12-26-3)16-7-6-8-18(27-4)22(16)28-5/h6-8,15,17,19-20H,9-14H2,1-5H3,(H,24,25)/t15-,17-,19-,20-,23+/m1/s1. The van der Waals surface area contributed by atoms with Crippen molar-refractivity contribution in [3.8, 4) is 11.5 Å². The Hall–Kier alpha value is -1.79. The lowest BCUT2D eigenvalue weighted by atomic mass is 9.66. The number of nitrogens with one attached hydrogen (secondary N) is 1. The van der Waals surface area contributed by atoms with E-state index in [9.17, 15) is 4.79 Å². The molecule has 0 unspecified atom stereocenters. The monoisotopic (exact) mass is 405 g/mol. The molecule has 1 N–H and O–H groups in total. The summed E-state index contributed by atoms with van der Waals surface area (Å²) < 4.78 is 22.9. The van der Waals surface area contributed by atoms with Gasteiger partial charge in [-0.25, -0.2) is 0 Å². The van der Waals surface area contributed by atoms with Crippen molar-refractivity contribution in [2.45, 2.75) is 63.7 Å². The molecule has 1 amide bonds.